The predicted molar refractivity (Wildman–Crippen MR) is 59.4 cm³/mol. The van der Waals surface area contributed by atoms with Crippen LogP contribution in [0.15, 0.2) is 24.3 Å². The molecule has 1 rings (SSSR count). The van der Waals surface area contributed by atoms with Crippen molar-refractivity contribution < 1.29 is 9.53 Å². The van der Waals surface area contributed by atoms with Gasteiger partial charge in [-0.1, -0.05) is 18.2 Å². The highest BCUT2D eigenvalue weighted by Gasteiger charge is 2.09. The van der Waals surface area contributed by atoms with E-state index in [9.17, 15) is 4.79 Å². The maximum absolute atomic E-state index is 11.4. The Morgan fingerprint density at radius 3 is 2.80 bits per heavy atom. The highest BCUT2D eigenvalue weighted by Crippen LogP contribution is 2.15. The largest absolute Gasteiger partial charge is 0.380 e. The van der Waals surface area contributed by atoms with Crippen LogP contribution in [0.1, 0.15) is 12.5 Å². The summed E-state index contributed by atoms with van der Waals surface area (Å²) in [6.07, 6.45) is 0. The SMILES string of the molecule is COCc1ccccc1NC(=O)[C@@H](C)N. The normalized spacial score (nSPS) is 12.2. The molecule has 82 valence electrons. The topological polar surface area (TPSA) is 64.3 Å². The summed E-state index contributed by atoms with van der Waals surface area (Å²) in [6, 6.07) is 6.97. The van der Waals surface area contributed by atoms with Gasteiger partial charge >= 0.3 is 0 Å². The van der Waals surface area contributed by atoms with E-state index in [2.05, 4.69) is 5.32 Å². The molecule has 1 aromatic carbocycles. The Morgan fingerprint density at radius 1 is 1.53 bits per heavy atom. The van der Waals surface area contributed by atoms with Gasteiger partial charge in [0.2, 0.25) is 5.91 Å². The van der Waals surface area contributed by atoms with Crippen molar-refractivity contribution in [2.75, 3.05) is 12.4 Å². The average molecular weight is 208 g/mol. The molecule has 3 N–H and O–H groups in total. The van der Waals surface area contributed by atoms with Gasteiger partial charge in [0.05, 0.1) is 12.6 Å². The lowest BCUT2D eigenvalue weighted by atomic mass is 10.2. The third-order valence-electron chi connectivity index (χ3n) is 1.99. The molecule has 0 aromatic heterocycles. The third-order valence-corrected chi connectivity index (χ3v) is 1.99. The number of carbonyl (C=O) groups excluding carboxylic acids is 1. The van der Waals surface area contributed by atoms with E-state index >= 15 is 0 Å². The summed E-state index contributed by atoms with van der Waals surface area (Å²) in [5.74, 6) is -0.196. The summed E-state index contributed by atoms with van der Waals surface area (Å²) in [4.78, 5) is 11.4. The first-order valence-electron chi connectivity index (χ1n) is 4.78. The van der Waals surface area contributed by atoms with E-state index in [-0.39, 0.29) is 5.91 Å². The van der Waals surface area contributed by atoms with Gasteiger partial charge in [0.15, 0.2) is 0 Å². The van der Waals surface area contributed by atoms with Crippen LogP contribution in [0, 0.1) is 0 Å². The number of methoxy groups -OCH3 is 1. The molecule has 1 atom stereocenters. The summed E-state index contributed by atoms with van der Waals surface area (Å²) < 4.78 is 5.03. The number of rotatable bonds is 4. The number of nitrogens with one attached hydrogen (secondary N) is 1. The first-order valence-corrected chi connectivity index (χ1v) is 4.78. The lowest BCUT2D eigenvalue weighted by Crippen LogP contribution is -2.32. The molecular weight excluding hydrogens is 192 g/mol. The predicted octanol–water partition coefficient (Wildman–Crippen LogP) is 1.12. The van der Waals surface area contributed by atoms with Crippen LogP contribution in [0.5, 0.6) is 0 Å². The first kappa shape index (κ1) is 11.7. The fraction of sp³-hybridized carbons (Fsp3) is 0.364. The van der Waals surface area contributed by atoms with Crippen molar-refractivity contribution in [2.45, 2.75) is 19.6 Å². The second-order valence-electron chi connectivity index (χ2n) is 3.37. The number of nitrogens with two attached hydrogens (primary N) is 1. The van der Waals surface area contributed by atoms with E-state index in [0.717, 1.165) is 11.3 Å². The van der Waals surface area contributed by atoms with E-state index in [1.165, 1.54) is 0 Å². The van der Waals surface area contributed by atoms with Crippen LogP contribution in [-0.4, -0.2) is 19.1 Å². The van der Waals surface area contributed by atoms with Gasteiger partial charge in [-0.2, -0.15) is 0 Å². The molecule has 0 aliphatic rings. The monoisotopic (exact) mass is 208 g/mol. The van der Waals surface area contributed by atoms with Crippen molar-refractivity contribution in [1.29, 1.82) is 0 Å². The molecule has 0 heterocycles. The van der Waals surface area contributed by atoms with E-state index in [0.29, 0.717) is 6.61 Å². The molecule has 1 amide bonds. The molecule has 15 heavy (non-hydrogen) atoms. The standard InChI is InChI=1S/C11H16N2O2/c1-8(12)11(14)13-10-6-4-3-5-9(10)7-15-2/h3-6,8H,7,12H2,1-2H3,(H,13,14)/t8-/m1/s1. The summed E-state index contributed by atoms with van der Waals surface area (Å²) in [5.41, 5.74) is 7.15. The maximum Gasteiger partial charge on any atom is 0.241 e. The van der Waals surface area contributed by atoms with Crippen LogP contribution in [0.4, 0.5) is 5.69 Å². The molecule has 1 aromatic rings. The van der Waals surface area contributed by atoms with E-state index in [1.807, 2.05) is 24.3 Å². The quantitative estimate of drug-likeness (QED) is 0.779. The zero-order valence-corrected chi connectivity index (χ0v) is 8.99. The number of para-hydroxylation sites is 1. The Balaban J connectivity index is 2.79. The Kier molecular flexibility index (Phi) is 4.27. The summed E-state index contributed by atoms with van der Waals surface area (Å²) in [5, 5.41) is 2.75. The number of hydrogen-bond donors (Lipinski definition) is 2. The zero-order valence-electron chi connectivity index (χ0n) is 8.99. The molecule has 0 aliphatic heterocycles. The molecule has 0 aliphatic carbocycles. The fourth-order valence-corrected chi connectivity index (χ4v) is 1.17. The lowest BCUT2D eigenvalue weighted by molar-refractivity contribution is -0.117. The van der Waals surface area contributed by atoms with Gasteiger partial charge in [-0.15, -0.1) is 0 Å². The van der Waals surface area contributed by atoms with Crippen molar-refractivity contribution in [3.8, 4) is 0 Å². The maximum atomic E-state index is 11.4. The number of ether oxygens (including phenoxy) is 1. The molecule has 0 fully saturated rings. The van der Waals surface area contributed by atoms with Gasteiger partial charge in [0.25, 0.3) is 0 Å². The van der Waals surface area contributed by atoms with Gasteiger partial charge < -0.3 is 15.8 Å². The number of anilines is 1. The molecule has 0 spiro atoms. The van der Waals surface area contributed by atoms with Crippen molar-refractivity contribution in [1.82, 2.24) is 0 Å². The second kappa shape index (κ2) is 5.48. The van der Waals surface area contributed by atoms with Crippen LogP contribution in [0.3, 0.4) is 0 Å². The molecule has 0 radical (unpaired) electrons. The van der Waals surface area contributed by atoms with Crippen molar-refractivity contribution in [2.24, 2.45) is 5.73 Å². The van der Waals surface area contributed by atoms with Gasteiger partial charge in [-0.05, 0) is 13.0 Å². The minimum absolute atomic E-state index is 0.196. The third kappa shape index (κ3) is 3.34. The van der Waals surface area contributed by atoms with Crippen molar-refractivity contribution >= 4 is 11.6 Å². The van der Waals surface area contributed by atoms with Gasteiger partial charge in [-0.25, -0.2) is 0 Å². The van der Waals surface area contributed by atoms with Crippen LogP contribution in [-0.2, 0) is 16.1 Å². The van der Waals surface area contributed by atoms with E-state index in [4.69, 9.17) is 10.5 Å². The number of hydrogen-bond acceptors (Lipinski definition) is 3. The Labute approximate surface area is 89.4 Å². The number of benzene rings is 1. The molecule has 0 saturated carbocycles. The summed E-state index contributed by atoms with van der Waals surface area (Å²) in [7, 11) is 1.62. The van der Waals surface area contributed by atoms with Crippen molar-refractivity contribution in [3.05, 3.63) is 29.8 Å². The van der Waals surface area contributed by atoms with E-state index in [1.54, 1.807) is 14.0 Å². The highest BCUT2D eigenvalue weighted by atomic mass is 16.5. The van der Waals surface area contributed by atoms with Crippen molar-refractivity contribution in [3.63, 3.8) is 0 Å². The molecule has 4 heteroatoms. The average Bonchev–Trinajstić information content (AvgIpc) is 2.21. The van der Waals surface area contributed by atoms with Crippen LogP contribution >= 0.6 is 0 Å². The van der Waals surface area contributed by atoms with Gasteiger partial charge in [0.1, 0.15) is 0 Å². The Morgan fingerprint density at radius 2 is 2.20 bits per heavy atom. The molecular formula is C11H16N2O2. The van der Waals surface area contributed by atoms with Crippen LogP contribution in [0.2, 0.25) is 0 Å². The van der Waals surface area contributed by atoms with Gasteiger partial charge in [0, 0.05) is 18.4 Å². The number of amides is 1. The number of carbonyl (C=O) groups is 1. The van der Waals surface area contributed by atoms with Gasteiger partial charge in [-0.3, -0.25) is 4.79 Å². The summed E-state index contributed by atoms with van der Waals surface area (Å²) in [6.45, 7) is 2.11. The molecule has 0 bridgehead atoms. The molecule has 4 nitrogen and oxygen atoms in total. The van der Waals surface area contributed by atoms with E-state index < -0.39 is 6.04 Å². The lowest BCUT2D eigenvalue weighted by Gasteiger charge is -2.11. The summed E-state index contributed by atoms with van der Waals surface area (Å²) >= 11 is 0. The Bertz CT molecular complexity index is 337. The second-order valence-corrected chi connectivity index (χ2v) is 3.37. The first-order chi connectivity index (χ1) is 7.15. The van der Waals surface area contributed by atoms with Crippen LogP contribution in [0.25, 0.3) is 0 Å². The molecule has 0 saturated heterocycles. The smallest absolute Gasteiger partial charge is 0.241 e. The minimum Gasteiger partial charge on any atom is -0.380 e. The highest BCUT2D eigenvalue weighted by molar-refractivity contribution is 5.94. The fourth-order valence-electron chi connectivity index (χ4n) is 1.17. The molecule has 0 unspecified atom stereocenters. The Hall–Kier alpha value is -1.39. The van der Waals surface area contributed by atoms with Crippen LogP contribution < -0.4 is 11.1 Å². The minimum atomic E-state index is -0.513. The zero-order chi connectivity index (χ0) is 11.3.